The van der Waals surface area contributed by atoms with E-state index in [0.717, 1.165) is 18.4 Å². The molecule has 35 heavy (non-hydrogen) atoms. The first-order chi connectivity index (χ1) is 16.8. The number of ketones is 2. The van der Waals surface area contributed by atoms with Crippen molar-refractivity contribution in [3.05, 3.63) is 107 Å². The highest BCUT2D eigenvalue weighted by Gasteiger charge is 2.45. The fourth-order valence-electron chi connectivity index (χ4n) is 4.60. The summed E-state index contributed by atoms with van der Waals surface area (Å²) in [6.07, 6.45) is -3.62. The molecular weight excluding hydrogens is 473 g/mol. The van der Waals surface area contributed by atoms with Gasteiger partial charge in [-0.1, -0.05) is 72.8 Å². The zero-order chi connectivity index (χ0) is 25.0. The number of thioether (sulfide) groups is 1. The van der Waals surface area contributed by atoms with Crippen molar-refractivity contribution in [1.82, 2.24) is 0 Å². The Kier molecular flexibility index (Phi) is 7.55. The van der Waals surface area contributed by atoms with Crippen LogP contribution in [0.25, 0.3) is 0 Å². The van der Waals surface area contributed by atoms with Gasteiger partial charge in [0.1, 0.15) is 6.29 Å². The van der Waals surface area contributed by atoms with Crippen LogP contribution in [0, 0.1) is 11.8 Å². The smallest absolute Gasteiger partial charge is 0.303 e. The van der Waals surface area contributed by atoms with E-state index in [2.05, 4.69) is 0 Å². The lowest BCUT2D eigenvalue weighted by Gasteiger charge is -2.40. The molecule has 0 N–H and O–H groups in total. The van der Waals surface area contributed by atoms with Crippen molar-refractivity contribution < 1.29 is 27.6 Å². The van der Waals surface area contributed by atoms with Gasteiger partial charge in [-0.2, -0.15) is 13.2 Å². The maximum absolute atomic E-state index is 13.4. The summed E-state index contributed by atoms with van der Waals surface area (Å²) >= 11 is 1.36. The first kappa shape index (κ1) is 24.9. The second kappa shape index (κ2) is 10.6. The lowest BCUT2D eigenvalue weighted by atomic mass is 9.73. The molecule has 3 aromatic rings. The number of hydrogen-bond donors (Lipinski definition) is 0. The number of carbonyl (C=O) groups is 3. The van der Waals surface area contributed by atoms with Gasteiger partial charge in [-0.25, -0.2) is 0 Å². The molecule has 0 aromatic heterocycles. The Balaban J connectivity index is 1.69. The van der Waals surface area contributed by atoms with Crippen molar-refractivity contribution in [2.45, 2.75) is 23.8 Å². The summed E-state index contributed by atoms with van der Waals surface area (Å²) in [4.78, 5) is 38.7. The predicted octanol–water partition coefficient (Wildman–Crippen LogP) is 6.49. The van der Waals surface area contributed by atoms with E-state index in [0.29, 0.717) is 22.4 Å². The Morgan fingerprint density at radius 1 is 0.857 bits per heavy atom. The van der Waals surface area contributed by atoms with Gasteiger partial charge in [-0.3, -0.25) is 9.59 Å². The summed E-state index contributed by atoms with van der Waals surface area (Å²) in [5.74, 6) is -1.57. The third-order valence-corrected chi connectivity index (χ3v) is 7.90. The van der Waals surface area contributed by atoms with Crippen LogP contribution in [0.4, 0.5) is 13.2 Å². The normalized spacial score (nSPS) is 22.4. The molecule has 0 unspecified atom stereocenters. The molecule has 0 saturated carbocycles. The first-order valence-corrected chi connectivity index (χ1v) is 12.3. The zero-order valence-electron chi connectivity index (χ0n) is 18.7. The number of Topliss-reactive ketones (excluding diaryl/α,β-unsaturated/α-hetero) is 2. The Labute approximate surface area is 205 Å². The lowest BCUT2D eigenvalue weighted by molar-refractivity contribution is -0.137. The highest BCUT2D eigenvalue weighted by atomic mass is 32.2. The molecule has 0 aliphatic carbocycles. The van der Waals surface area contributed by atoms with Gasteiger partial charge in [-0.15, -0.1) is 11.8 Å². The molecule has 1 aliphatic rings. The van der Waals surface area contributed by atoms with Crippen molar-refractivity contribution in [1.29, 1.82) is 0 Å². The molecule has 4 rings (SSSR count). The van der Waals surface area contributed by atoms with Crippen LogP contribution >= 0.6 is 11.8 Å². The molecule has 0 amide bonds. The minimum Gasteiger partial charge on any atom is -0.303 e. The summed E-state index contributed by atoms with van der Waals surface area (Å²) in [7, 11) is 0. The van der Waals surface area contributed by atoms with Gasteiger partial charge in [0.05, 0.1) is 10.8 Å². The average molecular weight is 497 g/mol. The number of carbonyl (C=O) groups excluding carboxylic acids is 3. The van der Waals surface area contributed by atoms with Gasteiger partial charge in [0.15, 0.2) is 11.6 Å². The fourth-order valence-corrected chi connectivity index (χ4v) is 6.23. The molecular formula is C28H23F3O3S. The lowest BCUT2D eigenvalue weighted by Crippen LogP contribution is -2.41. The van der Waals surface area contributed by atoms with E-state index >= 15 is 0 Å². The van der Waals surface area contributed by atoms with Crippen molar-refractivity contribution in [3.8, 4) is 0 Å². The SMILES string of the molecule is O=C[C@H]1[C@H](CC(=O)c2ccccc2)CS[C@@H](C(=O)c2ccccc2)[C@@H]1c1ccc(C(F)(F)F)cc1. The predicted molar refractivity (Wildman–Crippen MR) is 130 cm³/mol. The number of hydrogen-bond acceptors (Lipinski definition) is 4. The second-order valence-electron chi connectivity index (χ2n) is 8.60. The van der Waals surface area contributed by atoms with Gasteiger partial charge < -0.3 is 4.79 Å². The van der Waals surface area contributed by atoms with E-state index in [1.807, 2.05) is 6.07 Å². The molecule has 3 aromatic carbocycles. The molecule has 1 heterocycles. The van der Waals surface area contributed by atoms with Crippen LogP contribution in [0.5, 0.6) is 0 Å². The van der Waals surface area contributed by atoms with Crippen molar-refractivity contribution in [2.24, 2.45) is 11.8 Å². The minimum atomic E-state index is -4.49. The number of halogens is 3. The monoisotopic (exact) mass is 496 g/mol. The van der Waals surface area contributed by atoms with Gasteiger partial charge in [0, 0.05) is 29.4 Å². The van der Waals surface area contributed by atoms with Crippen LogP contribution in [0.1, 0.15) is 44.2 Å². The zero-order valence-corrected chi connectivity index (χ0v) is 19.5. The molecule has 0 spiro atoms. The van der Waals surface area contributed by atoms with Crippen LogP contribution in [0.15, 0.2) is 84.9 Å². The Hall–Kier alpha value is -3.19. The number of aldehydes is 1. The summed E-state index contributed by atoms with van der Waals surface area (Å²) in [6, 6.07) is 22.1. The van der Waals surface area contributed by atoms with Gasteiger partial charge in [0.2, 0.25) is 0 Å². The number of rotatable bonds is 7. The summed E-state index contributed by atoms with van der Waals surface area (Å²) in [5, 5.41) is -0.660. The fraction of sp³-hybridized carbons (Fsp3) is 0.250. The third-order valence-electron chi connectivity index (χ3n) is 6.42. The van der Waals surface area contributed by atoms with Crippen molar-refractivity contribution >= 4 is 29.6 Å². The minimum absolute atomic E-state index is 0.109. The van der Waals surface area contributed by atoms with E-state index in [-0.39, 0.29) is 23.9 Å². The maximum Gasteiger partial charge on any atom is 0.416 e. The Morgan fingerprint density at radius 3 is 1.97 bits per heavy atom. The van der Waals surface area contributed by atoms with Crippen molar-refractivity contribution in [2.75, 3.05) is 5.75 Å². The quantitative estimate of drug-likeness (QED) is 0.277. The molecule has 4 atom stereocenters. The average Bonchev–Trinajstić information content (AvgIpc) is 2.88. The standard InChI is InChI=1S/C28H23F3O3S/c29-28(30,31)22-13-11-19(12-14-22)25-23(16-32)21(15-24(33)18-7-3-1-4-8-18)17-35-27(25)26(34)20-9-5-2-6-10-20/h1-14,16,21,23,25,27H,15,17H2/t21-,23+,25-,27-/m1/s1. The van der Waals surface area contributed by atoms with Crippen LogP contribution in [0.3, 0.4) is 0 Å². The summed E-state index contributed by atoms with van der Waals surface area (Å²) in [6.45, 7) is 0. The number of benzene rings is 3. The molecule has 1 fully saturated rings. The van der Waals surface area contributed by atoms with Crippen molar-refractivity contribution in [3.63, 3.8) is 0 Å². The van der Waals surface area contributed by atoms with Gasteiger partial charge in [-0.05, 0) is 29.4 Å². The molecule has 0 radical (unpaired) electrons. The Bertz CT molecular complexity index is 1180. The van der Waals surface area contributed by atoms with Crippen LogP contribution < -0.4 is 0 Å². The number of alkyl halides is 3. The highest BCUT2D eigenvalue weighted by Crippen LogP contribution is 2.47. The van der Waals surface area contributed by atoms with E-state index in [9.17, 15) is 27.6 Å². The molecule has 7 heteroatoms. The van der Waals surface area contributed by atoms with E-state index in [4.69, 9.17) is 0 Å². The maximum atomic E-state index is 13.4. The van der Waals surface area contributed by atoms with E-state index in [1.165, 1.54) is 23.9 Å². The van der Waals surface area contributed by atoms with Crippen LogP contribution in [0.2, 0.25) is 0 Å². The molecule has 1 aliphatic heterocycles. The largest absolute Gasteiger partial charge is 0.416 e. The summed E-state index contributed by atoms with van der Waals surface area (Å²) < 4.78 is 39.4. The second-order valence-corrected chi connectivity index (χ2v) is 9.77. The molecule has 1 saturated heterocycles. The highest BCUT2D eigenvalue weighted by molar-refractivity contribution is 8.00. The third kappa shape index (κ3) is 5.56. The molecule has 3 nitrogen and oxygen atoms in total. The van der Waals surface area contributed by atoms with Crippen LogP contribution in [-0.2, 0) is 11.0 Å². The van der Waals surface area contributed by atoms with E-state index in [1.54, 1.807) is 54.6 Å². The van der Waals surface area contributed by atoms with Crippen LogP contribution in [-0.4, -0.2) is 28.9 Å². The first-order valence-electron chi connectivity index (χ1n) is 11.2. The van der Waals surface area contributed by atoms with E-state index < -0.39 is 28.8 Å². The topological polar surface area (TPSA) is 51.2 Å². The Morgan fingerprint density at radius 2 is 1.43 bits per heavy atom. The summed E-state index contributed by atoms with van der Waals surface area (Å²) in [5.41, 5.74) is 0.698. The molecule has 0 bridgehead atoms. The molecule has 180 valence electrons. The van der Waals surface area contributed by atoms with Gasteiger partial charge in [0.25, 0.3) is 0 Å². The van der Waals surface area contributed by atoms with Gasteiger partial charge >= 0.3 is 6.18 Å².